The predicted octanol–water partition coefficient (Wildman–Crippen LogP) is 4.00. The van der Waals surface area contributed by atoms with Crippen LogP contribution in [0.25, 0.3) is 0 Å². The third-order valence-corrected chi connectivity index (χ3v) is 8.03. The molecule has 0 unspecified atom stereocenters. The summed E-state index contributed by atoms with van der Waals surface area (Å²) in [4.78, 5) is 2.71. The molecule has 29 heavy (non-hydrogen) atoms. The smallest absolute Gasteiger partial charge is 0.276 e. The number of aryl methyl sites for hydroxylation is 1. The van der Waals surface area contributed by atoms with Gasteiger partial charge in [0.1, 0.15) is 0 Å². The summed E-state index contributed by atoms with van der Waals surface area (Å²) in [6, 6.07) is 6.81. The second kappa shape index (κ2) is 8.00. The molecular weight excluding hydrogens is 388 g/mol. The zero-order chi connectivity index (χ0) is 20.6. The van der Waals surface area contributed by atoms with Gasteiger partial charge in [-0.25, -0.2) is 4.83 Å². The minimum atomic E-state index is -3.67. The number of hydrazone groups is 1. The van der Waals surface area contributed by atoms with Crippen molar-refractivity contribution >= 4 is 15.7 Å². The van der Waals surface area contributed by atoms with Crippen LogP contribution in [0.4, 0.5) is 0 Å². The van der Waals surface area contributed by atoms with Crippen molar-refractivity contribution in [3.05, 3.63) is 29.8 Å². The van der Waals surface area contributed by atoms with Crippen molar-refractivity contribution in [3.63, 3.8) is 0 Å². The molecule has 4 atom stereocenters. The first-order valence-electron chi connectivity index (χ1n) is 10.7. The number of nitrogens with one attached hydrogen (secondary N) is 1. The van der Waals surface area contributed by atoms with Crippen LogP contribution in [0.15, 0.2) is 34.3 Å². The van der Waals surface area contributed by atoms with Crippen molar-refractivity contribution in [1.82, 2.24) is 4.83 Å². The topological polar surface area (TPSA) is 77.0 Å². The number of sulfonamides is 1. The Morgan fingerprint density at radius 2 is 1.97 bits per heavy atom. The maximum absolute atomic E-state index is 12.6. The van der Waals surface area contributed by atoms with E-state index in [1.165, 1.54) is 0 Å². The summed E-state index contributed by atoms with van der Waals surface area (Å²) in [5.41, 5.74) is 2.15. The molecule has 0 amide bonds. The Balaban J connectivity index is 1.51. The molecule has 2 bridgehead atoms. The summed E-state index contributed by atoms with van der Waals surface area (Å²) in [7, 11) is -3.67. The van der Waals surface area contributed by atoms with Gasteiger partial charge < -0.3 is 9.47 Å². The van der Waals surface area contributed by atoms with E-state index in [4.69, 9.17) is 9.47 Å². The van der Waals surface area contributed by atoms with Gasteiger partial charge in [0.05, 0.1) is 11.0 Å². The molecule has 0 spiro atoms. The van der Waals surface area contributed by atoms with Crippen LogP contribution >= 0.6 is 0 Å². The summed E-state index contributed by atoms with van der Waals surface area (Å²) >= 11 is 0. The molecular formula is C22H32N2O4S. The molecule has 4 aliphatic rings. The number of fused-ring (bicyclic) bond motifs is 3. The van der Waals surface area contributed by atoms with E-state index in [1.807, 2.05) is 6.92 Å². The number of hydrogen-bond acceptors (Lipinski definition) is 5. The van der Waals surface area contributed by atoms with Crippen LogP contribution in [0, 0.1) is 24.2 Å². The van der Waals surface area contributed by atoms with Crippen molar-refractivity contribution in [2.24, 2.45) is 22.4 Å². The standard InChI is InChI=1S/C22H32N2O4S/c1-15-7-9-17(10-8-15)29(25,26)24-23-19-12-16-13-20(18(19)14-22(16,2)3)28-21-6-4-5-11-27-21/h7-10,16,18,20-21,24H,4-6,11-14H2,1-3H3/t16-,18-,20+,21+/m0/s1. The number of benzene rings is 1. The lowest BCUT2D eigenvalue weighted by Crippen LogP contribution is -2.52. The second-order valence-corrected chi connectivity index (χ2v) is 11.1. The maximum atomic E-state index is 12.6. The first-order valence-corrected chi connectivity index (χ1v) is 12.1. The summed E-state index contributed by atoms with van der Waals surface area (Å²) < 4.78 is 37.4. The van der Waals surface area contributed by atoms with Crippen LogP contribution < -0.4 is 4.83 Å². The van der Waals surface area contributed by atoms with Gasteiger partial charge in [0.25, 0.3) is 10.0 Å². The van der Waals surface area contributed by atoms with Crippen LogP contribution in [0.3, 0.4) is 0 Å². The highest BCUT2D eigenvalue weighted by atomic mass is 32.2. The van der Waals surface area contributed by atoms with Crippen molar-refractivity contribution < 1.29 is 17.9 Å². The normalized spacial score (nSPS) is 33.0. The van der Waals surface area contributed by atoms with E-state index in [-0.39, 0.29) is 28.6 Å². The lowest BCUT2D eigenvalue weighted by Gasteiger charge is -2.52. The first kappa shape index (κ1) is 20.8. The Bertz CT molecular complexity index is 857. The van der Waals surface area contributed by atoms with E-state index in [9.17, 15) is 8.42 Å². The molecule has 160 valence electrons. The van der Waals surface area contributed by atoms with Gasteiger partial charge in [-0.3, -0.25) is 0 Å². The van der Waals surface area contributed by atoms with Crippen molar-refractivity contribution in [1.29, 1.82) is 0 Å². The average Bonchev–Trinajstić information content (AvgIpc) is 2.68. The summed E-state index contributed by atoms with van der Waals surface area (Å²) in [6.07, 6.45) is 5.84. The SMILES string of the molecule is Cc1ccc(S(=O)(=O)NN=C2C[C@H]3C[C@@H](O[C@@H]4CCCCO4)[C@H]2CC3(C)C)cc1. The maximum Gasteiger partial charge on any atom is 0.276 e. The average molecular weight is 421 g/mol. The van der Waals surface area contributed by atoms with Crippen LogP contribution in [0.5, 0.6) is 0 Å². The fourth-order valence-electron chi connectivity index (χ4n) is 4.91. The highest BCUT2D eigenvalue weighted by Gasteiger charge is 2.50. The Labute approximate surface area is 174 Å². The quantitative estimate of drug-likeness (QED) is 0.731. The molecule has 1 aromatic carbocycles. The second-order valence-electron chi connectivity index (χ2n) is 9.42. The largest absolute Gasteiger partial charge is 0.353 e. The van der Waals surface area contributed by atoms with Gasteiger partial charge in [0.15, 0.2) is 6.29 Å². The molecule has 3 saturated carbocycles. The van der Waals surface area contributed by atoms with E-state index < -0.39 is 10.0 Å². The Hall–Kier alpha value is -1.44. The predicted molar refractivity (Wildman–Crippen MR) is 112 cm³/mol. The van der Waals surface area contributed by atoms with Crippen LogP contribution in [0.1, 0.15) is 57.9 Å². The molecule has 1 aliphatic heterocycles. The molecule has 0 aromatic heterocycles. The molecule has 1 N–H and O–H groups in total. The van der Waals surface area contributed by atoms with Gasteiger partial charge in [0.2, 0.25) is 0 Å². The molecule has 1 saturated heterocycles. The van der Waals surface area contributed by atoms with E-state index in [0.29, 0.717) is 5.92 Å². The van der Waals surface area contributed by atoms with E-state index in [1.54, 1.807) is 24.3 Å². The van der Waals surface area contributed by atoms with Crippen molar-refractivity contribution in [2.45, 2.75) is 76.6 Å². The highest BCUT2D eigenvalue weighted by Crippen LogP contribution is 2.52. The number of hydrogen-bond donors (Lipinski definition) is 1. The van der Waals surface area contributed by atoms with Crippen molar-refractivity contribution in [2.75, 3.05) is 6.61 Å². The number of ether oxygens (including phenoxy) is 2. The molecule has 5 rings (SSSR count). The van der Waals surface area contributed by atoms with Crippen molar-refractivity contribution in [3.8, 4) is 0 Å². The molecule has 7 heteroatoms. The third-order valence-electron chi connectivity index (χ3n) is 6.81. The number of rotatable bonds is 5. The van der Waals surface area contributed by atoms with Crippen LogP contribution in [0.2, 0.25) is 0 Å². The fourth-order valence-corrected chi connectivity index (χ4v) is 5.74. The van der Waals surface area contributed by atoms with Gasteiger partial charge >= 0.3 is 0 Å². The highest BCUT2D eigenvalue weighted by molar-refractivity contribution is 7.89. The lowest BCUT2D eigenvalue weighted by atomic mass is 9.56. The Kier molecular flexibility index (Phi) is 5.75. The first-order chi connectivity index (χ1) is 13.7. The molecule has 6 nitrogen and oxygen atoms in total. The minimum Gasteiger partial charge on any atom is -0.353 e. The Morgan fingerprint density at radius 3 is 2.62 bits per heavy atom. The molecule has 4 fully saturated rings. The van der Waals surface area contributed by atoms with E-state index in [0.717, 1.165) is 56.4 Å². The van der Waals surface area contributed by atoms with Crippen LogP contribution in [-0.2, 0) is 19.5 Å². The third kappa shape index (κ3) is 4.52. The fraction of sp³-hybridized carbons (Fsp3) is 0.682. The summed E-state index contributed by atoms with van der Waals surface area (Å²) in [5, 5.41) is 4.40. The zero-order valence-electron chi connectivity index (χ0n) is 17.6. The van der Waals surface area contributed by atoms with E-state index >= 15 is 0 Å². The Morgan fingerprint density at radius 1 is 1.21 bits per heavy atom. The summed E-state index contributed by atoms with van der Waals surface area (Å²) in [6.45, 7) is 7.28. The lowest BCUT2D eigenvalue weighted by molar-refractivity contribution is -0.211. The zero-order valence-corrected chi connectivity index (χ0v) is 18.4. The van der Waals surface area contributed by atoms with Gasteiger partial charge in [-0.1, -0.05) is 31.5 Å². The molecule has 3 aliphatic carbocycles. The molecule has 0 radical (unpaired) electrons. The van der Waals surface area contributed by atoms with Gasteiger partial charge in [-0.2, -0.15) is 13.5 Å². The van der Waals surface area contributed by atoms with Gasteiger partial charge in [0, 0.05) is 18.2 Å². The van der Waals surface area contributed by atoms with Crippen LogP contribution in [-0.4, -0.2) is 33.1 Å². The van der Waals surface area contributed by atoms with Gasteiger partial charge in [-0.05, 0) is 68.9 Å². The number of nitrogens with zero attached hydrogens (tertiary/aromatic N) is 1. The molecule has 1 heterocycles. The summed E-state index contributed by atoms with van der Waals surface area (Å²) in [5.74, 6) is 0.560. The minimum absolute atomic E-state index is 0.0486. The monoisotopic (exact) mass is 420 g/mol. The van der Waals surface area contributed by atoms with Gasteiger partial charge in [-0.15, -0.1) is 0 Å². The van der Waals surface area contributed by atoms with E-state index in [2.05, 4.69) is 23.8 Å². The molecule has 1 aromatic rings.